The Kier molecular flexibility index (Phi) is 8.46. The molecule has 0 saturated heterocycles. The highest BCUT2D eigenvalue weighted by Crippen LogP contribution is 2.31. The van der Waals surface area contributed by atoms with Crippen molar-refractivity contribution in [2.24, 2.45) is 0 Å². The first-order valence-corrected chi connectivity index (χ1v) is 9.16. The number of ketones is 2. The van der Waals surface area contributed by atoms with Crippen LogP contribution in [0, 0.1) is 11.6 Å². The molecular weight excluding hydrogens is 429 g/mol. The summed E-state index contributed by atoms with van der Waals surface area (Å²) in [5.74, 6) is -3.21. The molecule has 2 rings (SSSR count). The lowest BCUT2D eigenvalue weighted by molar-refractivity contribution is -0.128. The van der Waals surface area contributed by atoms with Crippen LogP contribution in [0.2, 0.25) is 0 Å². The maximum Gasteiger partial charge on any atom is 0.224 e. The molecule has 32 heavy (non-hydrogen) atoms. The summed E-state index contributed by atoms with van der Waals surface area (Å²) in [4.78, 5) is 24.0. The summed E-state index contributed by atoms with van der Waals surface area (Å²) in [5.41, 5.74) is -0.141. The molecular formula is C23H21F3O6. The molecule has 0 heterocycles. The summed E-state index contributed by atoms with van der Waals surface area (Å²) in [6.07, 6.45) is 0.943. The molecule has 0 aliphatic carbocycles. The van der Waals surface area contributed by atoms with Gasteiger partial charge in [0, 0.05) is 23.3 Å². The zero-order valence-electron chi connectivity index (χ0n) is 17.8. The summed E-state index contributed by atoms with van der Waals surface area (Å²) in [6, 6.07) is 4.60. The van der Waals surface area contributed by atoms with Gasteiger partial charge in [0.05, 0.1) is 28.4 Å². The lowest BCUT2D eigenvalue weighted by Crippen LogP contribution is -2.22. The minimum Gasteiger partial charge on any atom is -0.493 e. The Balaban J connectivity index is 2.16. The number of rotatable bonds is 10. The molecule has 2 aromatic rings. The maximum absolute atomic E-state index is 14.2. The monoisotopic (exact) mass is 450 g/mol. The van der Waals surface area contributed by atoms with Gasteiger partial charge in [-0.3, -0.25) is 9.59 Å². The second kappa shape index (κ2) is 11.0. The third-order valence-corrected chi connectivity index (χ3v) is 4.36. The van der Waals surface area contributed by atoms with Crippen LogP contribution >= 0.6 is 0 Å². The van der Waals surface area contributed by atoms with E-state index in [-0.39, 0.29) is 34.1 Å². The molecule has 0 fully saturated rings. The maximum atomic E-state index is 14.2. The van der Waals surface area contributed by atoms with Crippen molar-refractivity contribution in [3.8, 4) is 23.0 Å². The number of carbonyl (C=O) groups is 2. The van der Waals surface area contributed by atoms with Gasteiger partial charge < -0.3 is 18.9 Å². The van der Waals surface area contributed by atoms with Crippen molar-refractivity contribution < 1.29 is 41.7 Å². The zero-order chi connectivity index (χ0) is 23.8. The molecule has 0 aliphatic rings. The van der Waals surface area contributed by atoms with Crippen LogP contribution in [-0.4, -0.2) is 46.2 Å². The number of benzene rings is 2. The standard InChI is InChI=1S/C23H21F3O6/c1-29-19-9-13(15(24)11-21(19)31-3)5-7-17(27)23(26)18(28)8-6-14-10-20(30-2)22(32-4)12-16(14)25/h5-12,23H,1-4H3/b7-5+,8-6+. The average Bonchev–Trinajstić information content (AvgIpc) is 2.80. The first-order valence-electron chi connectivity index (χ1n) is 9.16. The van der Waals surface area contributed by atoms with Gasteiger partial charge >= 0.3 is 0 Å². The second-order valence-corrected chi connectivity index (χ2v) is 6.29. The van der Waals surface area contributed by atoms with E-state index >= 15 is 0 Å². The van der Waals surface area contributed by atoms with Crippen molar-refractivity contribution in [3.05, 3.63) is 59.2 Å². The normalized spacial score (nSPS) is 11.2. The van der Waals surface area contributed by atoms with E-state index in [0.29, 0.717) is 0 Å². The lowest BCUT2D eigenvalue weighted by atomic mass is 10.1. The Hall–Kier alpha value is -3.75. The van der Waals surface area contributed by atoms with Gasteiger partial charge in [-0.25, -0.2) is 13.2 Å². The van der Waals surface area contributed by atoms with Gasteiger partial charge in [0.1, 0.15) is 11.6 Å². The zero-order valence-corrected chi connectivity index (χ0v) is 17.8. The predicted octanol–water partition coefficient (Wildman–Crippen LogP) is 4.20. The SMILES string of the molecule is COc1cc(F)c(/C=C/C(=O)C(F)C(=O)/C=C/c2cc(OC)c(OC)cc2F)cc1OC. The van der Waals surface area contributed by atoms with E-state index < -0.39 is 29.4 Å². The van der Waals surface area contributed by atoms with Gasteiger partial charge in [-0.2, -0.15) is 0 Å². The summed E-state index contributed by atoms with van der Waals surface area (Å²) in [7, 11) is 5.35. The van der Waals surface area contributed by atoms with Gasteiger partial charge in [0.2, 0.25) is 6.17 Å². The topological polar surface area (TPSA) is 71.1 Å². The van der Waals surface area contributed by atoms with Crippen LogP contribution in [0.3, 0.4) is 0 Å². The van der Waals surface area contributed by atoms with Crippen molar-refractivity contribution in [2.75, 3.05) is 28.4 Å². The summed E-state index contributed by atoms with van der Waals surface area (Å²) < 4.78 is 62.4. The van der Waals surface area contributed by atoms with E-state index in [1.165, 1.54) is 40.6 Å². The van der Waals surface area contributed by atoms with Crippen LogP contribution in [0.4, 0.5) is 13.2 Å². The molecule has 0 atom stereocenters. The minimum absolute atomic E-state index is 0.0707. The molecule has 170 valence electrons. The quantitative estimate of drug-likeness (QED) is 0.399. The van der Waals surface area contributed by atoms with Crippen LogP contribution in [0.15, 0.2) is 36.4 Å². The van der Waals surface area contributed by atoms with Crippen molar-refractivity contribution in [1.82, 2.24) is 0 Å². The predicted molar refractivity (Wildman–Crippen MR) is 112 cm³/mol. The summed E-state index contributed by atoms with van der Waals surface area (Å²) >= 11 is 0. The fraction of sp³-hybridized carbons (Fsp3) is 0.217. The first-order chi connectivity index (χ1) is 15.2. The summed E-state index contributed by atoms with van der Waals surface area (Å²) in [6.45, 7) is 0. The number of halogens is 3. The highest BCUT2D eigenvalue weighted by molar-refractivity contribution is 6.16. The van der Waals surface area contributed by atoms with Crippen LogP contribution in [0.1, 0.15) is 11.1 Å². The molecule has 0 aromatic heterocycles. The Morgan fingerprint density at radius 1 is 0.688 bits per heavy atom. The molecule has 9 heteroatoms. The Bertz CT molecular complexity index is 979. The molecule has 0 bridgehead atoms. The van der Waals surface area contributed by atoms with Gasteiger partial charge in [0.15, 0.2) is 34.6 Å². The van der Waals surface area contributed by atoms with Gasteiger partial charge in [-0.1, -0.05) is 0 Å². The van der Waals surface area contributed by atoms with Crippen molar-refractivity contribution in [1.29, 1.82) is 0 Å². The highest BCUT2D eigenvalue weighted by atomic mass is 19.1. The van der Waals surface area contributed by atoms with Crippen LogP contribution in [0.5, 0.6) is 23.0 Å². The number of methoxy groups -OCH3 is 4. The second-order valence-electron chi connectivity index (χ2n) is 6.29. The number of alkyl halides is 1. The number of hydrogen-bond acceptors (Lipinski definition) is 6. The van der Waals surface area contributed by atoms with E-state index in [1.807, 2.05) is 0 Å². The molecule has 2 aromatic carbocycles. The van der Waals surface area contributed by atoms with E-state index in [1.54, 1.807) is 0 Å². The molecule has 0 aliphatic heterocycles. The molecule has 0 N–H and O–H groups in total. The van der Waals surface area contributed by atoms with Crippen LogP contribution in [-0.2, 0) is 9.59 Å². The molecule has 0 saturated carbocycles. The fourth-order valence-corrected chi connectivity index (χ4v) is 2.65. The molecule has 0 radical (unpaired) electrons. The molecule has 6 nitrogen and oxygen atoms in total. The largest absolute Gasteiger partial charge is 0.493 e. The molecule has 0 spiro atoms. The van der Waals surface area contributed by atoms with Crippen LogP contribution < -0.4 is 18.9 Å². The molecule has 0 amide bonds. The first kappa shape index (κ1) is 24.5. The van der Waals surface area contributed by atoms with Crippen molar-refractivity contribution >= 4 is 23.7 Å². The average molecular weight is 450 g/mol. The van der Waals surface area contributed by atoms with Gasteiger partial charge in [0.25, 0.3) is 0 Å². The summed E-state index contributed by atoms with van der Waals surface area (Å²) in [5, 5.41) is 0. The number of hydrogen-bond donors (Lipinski definition) is 0. The number of ether oxygens (including phenoxy) is 4. The van der Waals surface area contributed by atoms with Crippen molar-refractivity contribution in [2.45, 2.75) is 6.17 Å². The highest BCUT2D eigenvalue weighted by Gasteiger charge is 2.22. The van der Waals surface area contributed by atoms with E-state index in [4.69, 9.17) is 18.9 Å². The number of allylic oxidation sites excluding steroid dienone is 2. The van der Waals surface area contributed by atoms with Crippen molar-refractivity contribution in [3.63, 3.8) is 0 Å². The fourth-order valence-electron chi connectivity index (χ4n) is 2.65. The van der Waals surface area contributed by atoms with E-state index in [0.717, 1.165) is 36.4 Å². The minimum atomic E-state index is -2.55. The lowest BCUT2D eigenvalue weighted by Gasteiger charge is -2.09. The van der Waals surface area contributed by atoms with Gasteiger partial charge in [-0.15, -0.1) is 0 Å². The third kappa shape index (κ3) is 5.69. The Labute approximate surface area is 182 Å². The van der Waals surface area contributed by atoms with Gasteiger partial charge in [-0.05, 0) is 36.4 Å². The molecule has 0 unspecified atom stereocenters. The Morgan fingerprint density at radius 2 is 1.00 bits per heavy atom. The van der Waals surface area contributed by atoms with E-state index in [2.05, 4.69) is 0 Å². The van der Waals surface area contributed by atoms with Crippen LogP contribution in [0.25, 0.3) is 12.2 Å². The number of carbonyl (C=O) groups excluding carboxylic acids is 2. The third-order valence-electron chi connectivity index (χ3n) is 4.36. The Morgan fingerprint density at radius 3 is 1.31 bits per heavy atom. The smallest absolute Gasteiger partial charge is 0.224 e. The van der Waals surface area contributed by atoms with E-state index in [9.17, 15) is 22.8 Å².